The van der Waals surface area contributed by atoms with Gasteiger partial charge in [0.2, 0.25) is 5.91 Å². The average molecular weight is 165 g/mol. The molecule has 0 radical (unpaired) electrons. The fourth-order valence-electron chi connectivity index (χ4n) is 1.10. The maximum absolute atomic E-state index is 10.6. The number of carbonyl (C=O) groups excluding carboxylic acids is 1. The summed E-state index contributed by atoms with van der Waals surface area (Å²) in [7, 11) is 0. The second-order valence-corrected chi connectivity index (χ2v) is 2.38. The fourth-order valence-corrected chi connectivity index (χ4v) is 1.10. The molecule has 1 atom stereocenters. The Morgan fingerprint density at radius 3 is 2.80 bits per heavy atom. The van der Waals surface area contributed by atoms with Gasteiger partial charge in [0.05, 0.1) is 0 Å². The van der Waals surface area contributed by atoms with Crippen LogP contribution in [0.3, 0.4) is 0 Å². The zero-order chi connectivity index (χ0) is 6.69. The molecule has 0 aromatic heterocycles. The van der Waals surface area contributed by atoms with E-state index in [1.807, 2.05) is 0 Å². The van der Waals surface area contributed by atoms with Gasteiger partial charge in [-0.15, -0.1) is 12.4 Å². The molecular weight excluding hydrogens is 152 g/mol. The van der Waals surface area contributed by atoms with Crippen molar-refractivity contribution in [2.75, 3.05) is 6.54 Å². The van der Waals surface area contributed by atoms with Crippen molar-refractivity contribution in [2.45, 2.75) is 25.3 Å². The third-order valence-electron chi connectivity index (χ3n) is 1.60. The summed E-state index contributed by atoms with van der Waals surface area (Å²) in [5.41, 5.74) is 5.30. The summed E-state index contributed by atoms with van der Waals surface area (Å²) < 4.78 is 0. The SMILES string of the molecule is Cl.NCC[C@H]1CCC(=O)N1. The first-order valence-corrected chi connectivity index (χ1v) is 3.32. The van der Waals surface area contributed by atoms with Crippen LogP contribution in [0.5, 0.6) is 0 Å². The van der Waals surface area contributed by atoms with E-state index in [-0.39, 0.29) is 18.3 Å². The Morgan fingerprint density at radius 1 is 1.70 bits per heavy atom. The Morgan fingerprint density at radius 2 is 2.40 bits per heavy atom. The highest BCUT2D eigenvalue weighted by atomic mass is 35.5. The third-order valence-corrected chi connectivity index (χ3v) is 1.60. The zero-order valence-electron chi connectivity index (χ0n) is 5.80. The summed E-state index contributed by atoms with van der Waals surface area (Å²) in [6.07, 6.45) is 2.58. The minimum Gasteiger partial charge on any atom is -0.353 e. The van der Waals surface area contributed by atoms with Crippen molar-refractivity contribution < 1.29 is 4.79 Å². The monoisotopic (exact) mass is 164 g/mol. The molecule has 0 bridgehead atoms. The number of carbonyl (C=O) groups is 1. The standard InChI is InChI=1S/C6H12N2O.ClH/c7-4-3-5-1-2-6(9)8-5;/h5H,1-4,7H2,(H,8,9);1H/t5-;/m1./s1. The van der Waals surface area contributed by atoms with Crippen molar-refractivity contribution in [2.24, 2.45) is 5.73 Å². The average Bonchev–Trinajstić information content (AvgIpc) is 2.17. The van der Waals surface area contributed by atoms with Crippen LogP contribution in [0.2, 0.25) is 0 Å². The summed E-state index contributed by atoms with van der Waals surface area (Å²) in [6.45, 7) is 0.672. The van der Waals surface area contributed by atoms with Crippen LogP contribution in [0.4, 0.5) is 0 Å². The van der Waals surface area contributed by atoms with Gasteiger partial charge in [-0.25, -0.2) is 0 Å². The van der Waals surface area contributed by atoms with Gasteiger partial charge in [0.25, 0.3) is 0 Å². The lowest BCUT2D eigenvalue weighted by Crippen LogP contribution is -2.27. The quantitative estimate of drug-likeness (QED) is 0.606. The molecular formula is C6H13ClN2O. The van der Waals surface area contributed by atoms with E-state index in [4.69, 9.17) is 5.73 Å². The van der Waals surface area contributed by atoms with Gasteiger partial charge in [-0.2, -0.15) is 0 Å². The van der Waals surface area contributed by atoms with Crippen LogP contribution in [-0.2, 0) is 4.79 Å². The minimum absolute atomic E-state index is 0. The van der Waals surface area contributed by atoms with Crippen LogP contribution in [0, 0.1) is 0 Å². The lowest BCUT2D eigenvalue weighted by molar-refractivity contribution is -0.119. The minimum atomic E-state index is 0. The molecule has 10 heavy (non-hydrogen) atoms. The summed E-state index contributed by atoms with van der Waals surface area (Å²) in [6, 6.07) is 0.363. The molecule has 0 saturated carbocycles. The Kier molecular flexibility index (Phi) is 4.40. The van der Waals surface area contributed by atoms with Gasteiger partial charge in [0, 0.05) is 12.5 Å². The van der Waals surface area contributed by atoms with Crippen LogP contribution in [0.1, 0.15) is 19.3 Å². The second kappa shape index (κ2) is 4.52. The highest BCUT2D eigenvalue weighted by Crippen LogP contribution is 2.08. The van der Waals surface area contributed by atoms with Gasteiger partial charge >= 0.3 is 0 Å². The number of hydrogen-bond acceptors (Lipinski definition) is 2. The third kappa shape index (κ3) is 2.54. The summed E-state index contributed by atoms with van der Waals surface area (Å²) in [5, 5.41) is 2.84. The van der Waals surface area contributed by atoms with E-state index >= 15 is 0 Å². The van der Waals surface area contributed by atoms with Crippen LogP contribution in [-0.4, -0.2) is 18.5 Å². The van der Waals surface area contributed by atoms with E-state index in [0.717, 1.165) is 12.8 Å². The molecule has 0 aromatic rings. The first-order chi connectivity index (χ1) is 4.33. The van der Waals surface area contributed by atoms with E-state index in [0.29, 0.717) is 19.0 Å². The van der Waals surface area contributed by atoms with Crippen molar-refractivity contribution in [3.05, 3.63) is 0 Å². The number of rotatable bonds is 2. The number of nitrogens with two attached hydrogens (primary N) is 1. The van der Waals surface area contributed by atoms with Crippen molar-refractivity contribution in [3.8, 4) is 0 Å². The Balaban J connectivity index is 0.000000810. The maximum atomic E-state index is 10.6. The normalized spacial score (nSPS) is 23.7. The van der Waals surface area contributed by atoms with Gasteiger partial charge in [-0.05, 0) is 19.4 Å². The van der Waals surface area contributed by atoms with Crippen LogP contribution in [0.25, 0.3) is 0 Å². The Hall–Kier alpha value is -0.280. The molecule has 3 nitrogen and oxygen atoms in total. The van der Waals surface area contributed by atoms with Crippen LogP contribution < -0.4 is 11.1 Å². The largest absolute Gasteiger partial charge is 0.353 e. The topological polar surface area (TPSA) is 55.1 Å². The van der Waals surface area contributed by atoms with Crippen molar-refractivity contribution >= 4 is 18.3 Å². The molecule has 0 aliphatic carbocycles. The van der Waals surface area contributed by atoms with E-state index < -0.39 is 0 Å². The molecule has 1 heterocycles. The molecule has 1 amide bonds. The van der Waals surface area contributed by atoms with E-state index in [1.54, 1.807) is 0 Å². The maximum Gasteiger partial charge on any atom is 0.220 e. The molecule has 60 valence electrons. The molecule has 1 saturated heterocycles. The highest BCUT2D eigenvalue weighted by Gasteiger charge is 2.18. The first-order valence-electron chi connectivity index (χ1n) is 3.32. The molecule has 1 fully saturated rings. The zero-order valence-corrected chi connectivity index (χ0v) is 6.62. The molecule has 0 spiro atoms. The number of halogens is 1. The van der Waals surface area contributed by atoms with Gasteiger partial charge in [-0.1, -0.05) is 0 Å². The van der Waals surface area contributed by atoms with Gasteiger partial charge in [-0.3, -0.25) is 4.79 Å². The van der Waals surface area contributed by atoms with E-state index in [1.165, 1.54) is 0 Å². The van der Waals surface area contributed by atoms with Gasteiger partial charge in [0.1, 0.15) is 0 Å². The molecule has 0 unspecified atom stereocenters. The molecule has 1 rings (SSSR count). The smallest absolute Gasteiger partial charge is 0.220 e. The van der Waals surface area contributed by atoms with Crippen LogP contribution in [0.15, 0.2) is 0 Å². The van der Waals surface area contributed by atoms with Gasteiger partial charge in [0.15, 0.2) is 0 Å². The highest BCUT2D eigenvalue weighted by molar-refractivity contribution is 5.85. The Bertz CT molecular complexity index is 118. The fraction of sp³-hybridized carbons (Fsp3) is 0.833. The summed E-state index contributed by atoms with van der Waals surface area (Å²) in [5.74, 6) is 0.174. The Labute approximate surface area is 66.8 Å². The molecule has 1 aliphatic heterocycles. The van der Waals surface area contributed by atoms with Gasteiger partial charge < -0.3 is 11.1 Å². The van der Waals surface area contributed by atoms with E-state index in [2.05, 4.69) is 5.32 Å². The summed E-state index contributed by atoms with van der Waals surface area (Å²) >= 11 is 0. The number of nitrogens with one attached hydrogen (secondary N) is 1. The first kappa shape index (κ1) is 9.72. The van der Waals surface area contributed by atoms with Crippen LogP contribution >= 0.6 is 12.4 Å². The molecule has 0 aromatic carbocycles. The predicted octanol–water partition coefficient (Wildman–Crippen LogP) is 0.0356. The number of amides is 1. The van der Waals surface area contributed by atoms with Crippen molar-refractivity contribution in [3.63, 3.8) is 0 Å². The van der Waals surface area contributed by atoms with E-state index in [9.17, 15) is 4.79 Å². The lowest BCUT2D eigenvalue weighted by atomic mass is 10.2. The summed E-state index contributed by atoms with van der Waals surface area (Å²) in [4.78, 5) is 10.6. The molecule has 3 N–H and O–H groups in total. The predicted molar refractivity (Wildman–Crippen MR) is 42.1 cm³/mol. The van der Waals surface area contributed by atoms with Crippen molar-refractivity contribution in [1.29, 1.82) is 0 Å². The molecule has 4 heteroatoms. The molecule has 1 aliphatic rings. The number of hydrogen-bond donors (Lipinski definition) is 2. The lowest BCUT2D eigenvalue weighted by Gasteiger charge is -2.05. The van der Waals surface area contributed by atoms with Crippen molar-refractivity contribution in [1.82, 2.24) is 5.32 Å². The second-order valence-electron chi connectivity index (χ2n) is 2.38.